The summed E-state index contributed by atoms with van der Waals surface area (Å²) in [4.78, 5) is 28.2. The third-order valence-electron chi connectivity index (χ3n) is 3.64. The topological polar surface area (TPSA) is 84.5 Å². The summed E-state index contributed by atoms with van der Waals surface area (Å²) in [5.74, 6) is -1.13. The molecule has 1 saturated carbocycles. The van der Waals surface area contributed by atoms with Gasteiger partial charge in [0.25, 0.3) is 5.91 Å². The molecule has 1 aromatic carbocycles. The maximum absolute atomic E-state index is 12.1. The van der Waals surface area contributed by atoms with Gasteiger partial charge in [-0.05, 0) is 36.5 Å². The van der Waals surface area contributed by atoms with Crippen LogP contribution in [0, 0.1) is 5.92 Å². The molecule has 2 atom stereocenters. The van der Waals surface area contributed by atoms with Crippen LogP contribution in [0.15, 0.2) is 29.3 Å². The highest BCUT2D eigenvalue weighted by Crippen LogP contribution is 2.32. The fraction of sp³-hybridized carbons (Fsp3) is 0.357. The van der Waals surface area contributed by atoms with Crippen molar-refractivity contribution in [2.24, 2.45) is 16.6 Å². The first-order valence-corrected chi connectivity index (χ1v) is 6.88. The Morgan fingerprint density at radius 1 is 1.25 bits per heavy atom. The number of benzene rings is 1. The summed E-state index contributed by atoms with van der Waals surface area (Å²) in [6, 6.07) is 6.26. The predicted octanol–water partition coefficient (Wildman–Crippen LogP) is 1.22. The van der Waals surface area contributed by atoms with Crippen LogP contribution in [0.25, 0.3) is 0 Å². The van der Waals surface area contributed by atoms with E-state index in [-0.39, 0.29) is 11.9 Å². The first-order chi connectivity index (χ1) is 9.56. The largest absolute Gasteiger partial charge is 0.321 e. The lowest BCUT2D eigenvalue weighted by Crippen LogP contribution is -2.51. The first-order valence-electron chi connectivity index (χ1n) is 6.50. The molecule has 5 nitrogen and oxygen atoms in total. The van der Waals surface area contributed by atoms with Crippen molar-refractivity contribution in [2.45, 2.75) is 24.8 Å². The Bertz CT molecular complexity index is 593. The van der Waals surface area contributed by atoms with Crippen LogP contribution in [-0.2, 0) is 9.59 Å². The van der Waals surface area contributed by atoms with E-state index >= 15 is 0 Å². The van der Waals surface area contributed by atoms with E-state index in [1.165, 1.54) is 0 Å². The van der Waals surface area contributed by atoms with Crippen LogP contribution in [0.5, 0.6) is 0 Å². The number of rotatable bonds is 3. The molecule has 0 saturated heterocycles. The number of hydrogen-bond acceptors (Lipinski definition) is 3. The van der Waals surface area contributed by atoms with E-state index in [4.69, 9.17) is 17.3 Å². The van der Waals surface area contributed by atoms with Gasteiger partial charge in [0.05, 0.1) is 6.04 Å². The maximum Gasteiger partial charge on any atom is 0.264 e. The molecule has 3 N–H and O–H groups in total. The highest BCUT2D eigenvalue weighted by molar-refractivity contribution is 6.30. The van der Waals surface area contributed by atoms with E-state index in [0.29, 0.717) is 22.3 Å². The van der Waals surface area contributed by atoms with Gasteiger partial charge < -0.3 is 11.1 Å². The fourth-order valence-electron chi connectivity index (χ4n) is 2.31. The molecule has 0 aromatic heterocycles. The van der Waals surface area contributed by atoms with E-state index in [9.17, 15) is 9.59 Å². The molecule has 0 spiro atoms. The molecule has 3 rings (SSSR count). The Morgan fingerprint density at radius 2 is 1.90 bits per heavy atom. The van der Waals surface area contributed by atoms with Crippen molar-refractivity contribution >= 4 is 29.3 Å². The molecule has 1 fully saturated rings. The molecular weight excluding hydrogens is 278 g/mol. The zero-order chi connectivity index (χ0) is 14.3. The lowest BCUT2D eigenvalue weighted by atomic mass is 9.95. The number of carbonyl (C=O) groups is 2. The van der Waals surface area contributed by atoms with Crippen molar-refractivity contribution < 1.29 is 9.59 Å². The van der Waals surface area contributed by atoms with Crippen LogP contribution in [0.3, 0.4) is 0 Å². The molecule has 104 valence electrons. The Kier molecular flexibility index (Phi) is 3.31. The van der Waals surface area contributed by atoms with Gasteiger partial charge >= 0.3 is 0 Å². The van der Waals surface area contributed by atoms with Gasteiger partial charge in [0.1, 0.15) is 11.8 Å². The van der Waals surface area contributed by atoms with E-state index in [1.54, 1.807) is 24.3 Å². The van der Waals surface area contributed by atoms with Gasteiger partial charge in [-0.1, -0.05) is 23.7 Å². The molecule has 20 heavy (non-hydrogen) atoms. The summed E-state index contributed by atoms with van der Waals surface area (Å²) in [5, 5.41) is 3.22. The smallest absolute Gasteiger partial charge is 0.264 e. The van der Waals surface area contributed by atoms with Crippen LogP contribution < -0.4 is 11.1 Å². The number of hydrogen-bond donors (Lipinski definition) is 2. The minimum atomic E-state index is -0.914. The Morgan fingerprint density at radius 3 is 2.45 bits per heavy atom. The Hall–Kier alpha value is -1.72. The normalized spacial score (nSPS) is 24.1. The highest BCUT2D eigenvalue weighted by atomic mass is 35.5. The number of amidine groups is 1. The van der Waals surface area contributed by atoms with Crippen LogP contribution in [0.4, 0.5) is 0 Å². The molecule has 1 aliphatic heterocycles. The number of nitrogens with two attached hydrogens (primary N) is 1. The Balaban J connectivity index is 1.86. The van der Waals surface area contributed by atoms with Crippen molar-refractivity contribution in [3.05, 3.63) is 34.9 Å². The summed E-state index contributed by atoms with van der Waals surface area (Å²) in [5.41, 5.74) is 6.55. The Labute approximate surface area is 121 Å². The SMILES string of the molecule is NC(C1=NC(=O)C(c2ccc(Cl)cc2)C(=O)N1)C1CC1. The maximum atomic E-state index is 12.1. The third-order valence-corrected chi connectivity index (χ3v) is 3.89. The average Bonchev–Trinajstić information content (AvgIpc) is 3.23. The summed E-state index contributed by atoms with van der Waals surface area (Å²) < 4.78 is 0. The summed E-state index contributed by atoms with van der Waals surface area (Å²) >= 11 is 5.80. The molecule has 1 aliphatic carbocycles. The first kappa shape index (κ1) is 13.3. The van der Waals surface area contributed by atoms with E-state index in [0.717, 1.165) is 12.8 Å². The van der Waals surface area contributed by atoms with E-state index in [1.807, 2.05) is 0 Å². The molecule has 6 heteroatoms. The van der Waals surface area contributed by atoms with Gasteiger partial charge in [0.15, 0.2) is 0 Å². The van der Waals surface area contributed by atoms with Crippen molar-refractivity contribution in [1.29, 1.82) is 0 Å². The lowest BCUT2D eigenvalue weighted by Gasteiger charge is -2.23. The quantitative estimate of drug-likeness (QED) is 0.821. The number of carbonyl (C=O) groups excluding carboxylic acids is 2. The minimum absolute atomic E-state index is 0.299. The van der Waals surface area contributed by atoms with Gasteiger partial charge in [-0.2, -0.15) is 4.99 Å². The van der Waals surface area contributed by atoms with Crippen molar-refractivity contribution in [3.8, 4) is 0 Å². The molecule has 0 bridgehead atoms. The molecule has 2 amide bonds. The van der Waals surface area contributed by atoms with Crippen LogP contribution in [0.1, 0.15) is 24.3 Å². The zero-order valence-corrected chi connectivity index (χ0v) is 11.4. The minimum Gasteiger partial charge on any atom is -0.321 e. The number of aliphatic imine (C=N–C) groups is 1. The second-order valence-electron chi connectivity index (χ2n) is 5.17. The zero-order valence-electron chi connectivity index (χ0n) is 10.7. The van der Waals surface area contributed by atoms with E-state index < -0.39 is 11.8 Å². The summed E-state index contributed by atoms with van der Waals surface area (Å²) in [6.45, 7) is 0. The van der Waals surface area contributed by atoms with Gasteiger partial charge in [-0.3, -0.25) is 9.59 Å². The van der Waals surface area contributed by atoms with Crippen molar-refractivity contribution in [2.75, 3.05) is 0 Å². The summed E-state index contributed by atoms with van der Waals surface area (Å²) in [6.07, 6.45) is 2.04. The molecular formula is C14H14ClN3O2. The molecule has 2 unspecified atom stereocenters. The van der Waals surface area contributed by atoms with Gasteiger partial charge in [0.2, 0.25) is 5.91 Å². The van der Waals surface area contributed by atoms with Crippen LogP contribution >= 0.6 is 11.6 Å². The fourth-order valence-corrected chi connectivity index (χ4v) is 2.43. The van der Waals surface area contributed by atoms with Gasteiger partial charge in [-0.15, -0.1) is 0 Å². The van der Waals surface area contributed by atoms with Crippen LogP contribution in [0.2, 0.25) is 5.02 Å². The standard InChI is InChI=1S/C14H14ClN3O2/c15-9-5-3-7(4-6-9)10-13(19)17-12(18-14(10)20)11(16)8-1-2-8/h3-6,8,10-11H,1-2,16H2,(H,17,18,19,20). The third kappa shape index (κ3) is 2.46. The van der Waals surface area contributed by atoms with Crippen molar-refractivity contribution in [1.82, 2.24) is 5.32 Å². The number of amides is 2. The molecule has 2 aliphatic rings. The number of nitrogens with one attached hydrogen (secondary N) is 1. The number of halogens is 1. The monoisotopic (exact) mass is 291 g/mol. The second-order valence-corrected chi connectivity index (χ2v) is 5.61. The highest BCUT2D eigenvalue weighted by Gasteiger charge is 2.39. The van der Waals surface area contributed by atoms with E-state index in [2.05, 4.69) is 10.3 Å². The lowest BCUT2D eigenvalue weighted by molar-refractivity contribution is -0.129. The van der Waals surface area contributed by atoms with Gasteiger partial charge in [0, 0.05) is 5.02 Å². The number of nitrogens with zero attached hydrogens (tertiary/aromatic N) is 1. The second kappa shape index (κ2) is 5.00. The predicted molar refractivity (Wildman–Crippen MR) is 75.5 cm³/mol. The average molecular weight is 292 g/mol. The summed E-state index contributed by atoms with van der Waals surface area (Å²) in [7, 11) is 0. The van der Waals surface area contributed by atoms with Crippen molar-refractivity contribution in [3.63, 3.8) is 0 Å². The van der Waals surface area contributed by atoms with Gasteiger partial charge in [-0.25, -0.2) is 0 Å². The molecule has 1 heterocycles. The van der Waals surface area contributed by atoms with Crippen LogP contribution in [-0.4, -0.2) is 23.7 Å². The molecule has 0 radical (unpaired) electrons. The molecule has 1 aromatic rings.